The van der Waals surface area contributed by atoms with Crippen LogP contribution in [-0.2, 0) is 4.79 Å². The summed E-state index contributed by atoms with van der Waals surface area (Å²) in [5.41, 5.74) is -0.183. The number of carbonyl (C=O) groups excluding carboxylic acids is 2. The highest BCUT2D eigenvalue weighted by Gasteiger charge is 2.29. The van der Waals surface area contributed by atoms with Crippen LogP contribution in [0, 0.1) is 5.41 Å². The molecule has 1 heterocycles. The van der Waals surface area contributed by atoms with E-state index in [4.69, 9.17) is 0 Å². The number of rotatable bonds is 5. The summed E-state index contributed by atoms with van der Waals surface area (Å²) in [6, 6.07) is 3.00. The Morgan fingerprint density at radius 1 is 1.24 bits per heavy atom. The molecule has 0 saturated carbocycles. The van der Waals surface area contributed by atoms with E-state index in [1.165, 1.54) is 11.3 Å². The first-order valence-corrected chi connectivity index (χ1v) is 8.04. The van der Waals surface area contributed by atoms with Crippen molar-refractivity contribution in [3.8, 4) is 0 Å². The van der Waals surface area contributed by atoms with Crippen molar-refractivity contribution in [2.45, 2.75) is 59.5 Å². The molecule has 0 aromatic carbocycles. The van der Waals surface area contributed by atoms with Gasteiger partial charge >= 0.3 is 0 Å². The Morgan fingerprint density at radius 3 is 2.33 bits per heavy atom. The second-order valence-electron chi connectivity index (χ2n) is 7.28. The molecule has 1 aromatic heterocycles. The van der Waals surface area contributed by atoms with Crippen LogP contribution in [0.1, 0.15) is 57.6 Å². The van der Waals surface area contributed by atoms with E-state index < -0.39 is 6.04 Å². The standard InChI is InChI=1S/C16H26N2O2S/c1-11(17-14(20)12-8-7-9-21-12)13(19)18-16(5,6)10-15(2,3)4/h7-9,11H,10H2,1-6H3,(H,17,20)(H,18,19). The summed E-state index contributed by atoms with van der Waals surface area (Å²) in [5, 5.41) is 7.58. The van der Waals surface area contributed by atoms with Gasteiger partial charge in [-0.2, -0.15) is 0 Å². The predicted octanol–water partition coefficient (Wildman–Crippen LogP) is 3.20. The average Bonchev–Trinajstić information content (AvgIpc) is 2.77. The van der Waals surface area contributed by atoms with E-state index in [1.54, 1.807) is 13.0 Å². The Labute approximate surface area is 131 Å². The quantitative estimate of drug-likeness (QED) is 0.877. The van der Waals surface area contributed by atoms with E-state index in [-0.39, 0.29) is 22.8 Å². The topological polar surface area (TPSA) is 58.2 Å². The lowest BCUT2D eigenvalue weighted by atomic mass is 9.81. The van der Waals surface area contributed by atoms with E-state index in [0.29, 0.717) is 4.88 Å². The fraction of sp³-hybridized carbons (Fsp3) is 0.625. The molecule has 0 fully saturated rings. The van der Waals surface area contributed by atoms with Crippen LogP contribution >= 0.6 is 11.3 Å². The third-order valence-electron chi connectivity index (χ3n) is 2.92. The number of amides is 2. The van der Waals surface area contributed by atoms with Gasteiger partial charge in [-0.05, 0) is 44.1 Å². The van der Waals surface area contributed by atoms with Crippen molar-refractivity contribution >= 4 is 23.2 Å². The highest BCUT2D eigenvalue weighted by Crippen LogP contribution is 2.26. The summed E-state index contributed by atoms with van der Waals surface area (Å²) in [4.78, 5) is 24.8. The third-order valence-corrected chi connectivity index (χ3v) is 3.79. The lowest BCUT2D eigenvalue weighted by Gasteiger charge is -2.34. The van der Waals surface area contributed by atoms with Gasteiger partial charge in [0.1, 0.15) is 6.04 Å². The average molecular weight is 310 g/mol. The Morgan fingerprint density at radius 2 is 1.86 bits per heavy atom. The van der Waals surface area contributed by atoms with E-state index in [9.17, 15) is 9.59 Å². The van der Waals surface area contributed by atoms with Crippen molar-refractivity contribution < 1.29 is 9.59 Å². The van der Waals surface area contributed by atoms with Crippen molar-refractivity contribution in [2.75, 3.05) is 0 Å². The fourth-order valence-corrected chi connectivity index (χ4v) is 3.18. The highest BCUT2D eigenvalue weighted by atomic mass is 32.1. The first-order valence-electron chi connectivity index (χ1n) is 7.17. The zero-order valence-corrected chi connectivity index (χ0v) is 14.6. The van der Waals surface area contributed by atoms with Crippen LogP contribution in [-0.4, -0.2) is 23.4 Å². The molecule has 21 heavy (non-hydrogen) atoms. The van der Waals surface area contributed by atoms with Gasteiger partial charge in [0, 0.05) is 5.54 Å². The van der Waals surface area contributed by atoms with Crippen molar-refractivity contribution in [1.29, 1.82) is 0 Å². The molecule has 0 aliphatic carbocycles. The Bertz CT molecular complexity index is 487. The molecule has 1 unspecified atom stereocenters. The Balaban J connectivity index is 2.56. The molecule has 5 heteroatoms. The number of hydrogen-bond acceptors (Lipinski definition) is 3. The normalized spacial score (nSPS) is 13.6. The molecular weight excluding hydrogens is 284 g/mol. The second-order valence-corrected chi connectivity index (χ2v) is 8.23. The van der Waals surface area contributed by atoms with Gasteiger partial charge in [-0.3, -0.25) is 9.59 Å². The minimum Gasteiger partial charge on any atom is -0.349 e. The third kappa shape index (κ3) is 6.29. The molecule has 0 spiro atoms. The molecule has 0 saturated heterocycles. The molecule has 2 amide bonds. The van der Waals surface area contributed by atoms with Gasteiger partial charge in [-0.15, -0.1) is 11.3 Å². The van der Waals surface area contributed by atoms with E-state index in [0.717, 1.165) is 6.42 Å². The van der Waals surface area contributed by atoms with Crippen LogP contribution in [0.15, 0.2) is 17.5 Å². The molecule has 0 radical (unpaired) electrons. The Kier molecular flexibility index (Phi) is 5.56. The molecule has 2 N–H and O–H groups in total. The summed E-state index contributed by atoms with van der Waals surface area (Å²) in [6.07, 6.45) is 0.858. The lowest BCUT2D eigenvalue weighted by Crippen LogP contribution is -2.53. The lowest BCUT2D eigenvalue weighted by molar-refractivity contribution is -0.124. The minimum absolute atomic E-state index is 0.125. The number of hydrogen-bond donors (Lipinski definition) is 2. The molecule has 0 aliphatic heterocycles. The maximum atomic E-state index is 12.2. The van der Waals surface area contributed by atoms with Gasteiger partial charge in [0.05, 0.1) is 4.88 Å². The molecule has 4 nitrogen and oxygen atoms in total. The summed E-state index contributed by atoms with van der Waals surface area (Å²) in [5.74, 6) is -0.365. The van der Waals surface area contributed by atoms with Crippen molar-refractivity contribution in [3.63, 3.8) is 0 Å². The van der Waals surface area contributed by atoms with Crippen molar-refractivity contribution in [3.05, 3.63) is 22.4 Å². The van der Waals surface area contributed by atoms with Crippen LogP contribution in [0.25, 0.3) is 0 Å². The van der Waals surface area contributed by atoms with Crippen LogP contribution in [0.3, 0.4) is 0 Å². The summed E-state index contributed by atoms with van der Waals surface area (Å²) >= 11 is 1.36. The summed E-state index contributed by atoms with van der Waals surface area (Å²) in [7, 11) is 0. The second kappa shape index (κ2) is 6.60. The maximum Gasteiger partial charge on any atom is 0.261 e. The van der Waals surface area contributed by atoms with E-state index in [2.05, 4.69) is 31.4 Å². The van der Waals surface area contributed by atoms with Crippen molar-refractivity contribution in [1.82, 2.24) is 10.6 Å². The van der Waals surface area contributed by atoms with Gasteiger partial charge in [0.15, 0.2) is 0 Å². The van der Waals surface area contributed by atoms with E-state index >= 15 is 0 Å². The van der Waals surface area contributed by atoms with Gasteiger partial charge in [-0.25, -0.2) is 0 Å². The van der Waals surface area contributed by atoms with Crippen molar-refractivity contribution in [2.24, 2.45) is 5.41 Å². The first-order chi connectivity index (χ1) is 9.50. The monoisotopic (exact) mass is 310 g/mol. The van der Waals surface area contributed by atoms with Gasteiger partial charge in [0.2, 0.25) is 5.91 Å². The van der Waals surface area contributed by atoms with Crippen LogP contribution in [0.5, 0.6) is 0 Å². The molecular formula is C16H26N2O2S. The van der Waals surface area contributed by atoms with E-state index in [1.807, 2.05) is 25.3 Å². The number of thiophene rings is 1. The predicted molar refractivity (Wildman–Crippen MR) is 87.5 cm³/mol. The molecule has 1 aromatic rings. The SMILES string of the molecule is CC(NC(=O)c1cccs1)C(=O)NC(C)(C)CC(C)(C)C. The van der Waals surface area contributed by atoms with Gasteiger partial charge in [-0.1, -0.05) is 26.8 Å². The zero-order valence-electron chi connectivity index (χ0n) is 13.7. The molecule has 1 atom stereocenters. The summed E-state index contributed by atoms with van der Waals surface area (Å²) in [6.45, 7) is 12.1. The van der Waals surface area contributed by atoms with Crippen LogP contribution < -0.4 is 10.6 Å². The maximum absolute atomic E-state index is 12.2. The zero-order chi connectivity index (χ0) is 16.3. The van der Waals surface area contributed by atoms with Gasteiger partial charge < -0.3 is 10.6 Å². The number of carbonyl (C=O) groups is 2. The fourth-order valence-electron chi connectivity index (χ4n) is 2.55. The number of nitrogens with one attached hydrogen (secondary N) is 2. The first kappa shape index (κ1) is 17.7. The Hall–Kier alpha value is -1.36. The molecule has 118 valence electrons. The van der Waals surface area contributed by atoms with Crippen LogP contribution in [0.4, 0.5) is 0 Å². The minimum atomic E-state index is -0.557. The van der Waals surface area contributed by atoms with Crippen LogP contribution in [0.2, 0.25) is 0 Å². The van der Waals surface area contributed by atoms with Gasteiger partial charge in [0.25, 0.3) is 5.91 Å². The largest absolute Gasteiger partial charge is 0.349 e. The highest BCUT2D eigenvalue weighted by molar-refractivity contribution is 7.12. The molecule has 0 aliphatic rings. The molecule has 0 bridgehead atoms. The smallest absolute Gasteiger partial charge is 0.261 e. The molecule has 1 rings (SSSR count). The summed E-state index contributed by atoms with van der Waals surface area (Å²) < 4.78 is 0.